The number of carbonyl (C=O) groups is 1. The largest absolute Gasteiger partial charge is 0.424 e. The van der Waals surface area contributed by atoms with E-state index in [2.05, 4.69) is 21.5 Å². The SMILES string of the molecule is CC(=O)Oc1ccccc1N1CC=C2N=CC3=NC=CC=CC23N1. The zero-order valence-electron chi connectivity index (χ0n) is 13.1. The Morgan fingerprint density at radius 3 is 3.08 bits per heavy atom. The van der Waals surface area contributed by atoms with Gasteiger partial charge in [-0.3, -0.25) is 19.8 Å². The second-order valence-corrected chi connectivity index (χ2v) is 5.65. The number of esters is 1. The average Bonchev–Trinajstić information content (AvgIpc) is 2.81. The second kappa shape index (κ2) is 5.58. The zero-order valence-corrected chi connectivity index (χ0v) is 13.1. The van der Waals surface area contributed by atoms with Gasteiger partial charge in [0.05, 0.1) is 29.9 Å². The molecule has 1 N–H and O–H groups in total. The van der Waals surface area contributed by atoms with Crippen LogP contribution in [0, 0.1) is 0 Å². The fourth-order valence-electron chi connectivity index (χ4n) is 3.03. The number of benzene rings is 1. The normalized spacial score (nSPS) is 24.0. The summed E-state index contributed by atoms with van der Waals surface area (Å²) in [6, 6.07) is 7.43. The molecule has 120 valence electrons. The molecule has 1 spiro atoms. The standard InChI is InChI=1S/C18H16N4O2/c1-13(23)24-15-7-3-2-6-14(15)22-11-8-16-18(21-22)9-4-5-10-19-17(18)12-20-16/h2-10,12,21H,11H2,1H3. The molecule has 0 aliphatic carbocycles. The molecule has 4 rings (SSSR count). The van der Waals surface area contributed by atoms with E-state index < -0.39 is 5.54 Å². The van der Waals surface area contributed by atoms with Gasteiger partial charge in [-0.25, -0.2) is 5.43 Å². The summed E-state index contributed by atoms with van der Waals surface area (Å²) in [5, 5.41) is 1.95. The molecule has 0 amide bonds. The summed E-state index contributed by atoms with van der Waals surface area (Å²) in [6.07, 6.45) is 11.5. The Morgan fingerprint density at radius 1 is 1.33 bits per heavy atom. The molecule has 3 heterocycles. The van der Waals surface area contributed by atoms with Gasteiger partial charge in [-0.05, 0) is 24.3 Å². The highest BCUT2D eigenvalue weighted by atomic mass is 16.5. The number of rotatable bonds is 2. The summed E-state index contributed by atoms with van der Waals surface area (Å²) >= 11 is 0. The van der Waals surface area contributed by atoms with E-state index in [0.29, 0.717) is 12.3 Å². The Kier molecular flexibility index (Phi) is 3.39. The van der Waals surface area contributed by atoms with Crippen LogP contribution in [0.15, 0.2) is 70.5 Å². The van der Waals surface area contributed by atoms with Gasteiger partial charge >= 0.3 is 5.97 Å². The smallest absolute Gasteiger partial charge is 0.308 e. The van der Waals surface area contributed by atoms with Crippen molar-refractivity contribution >= 4 is 23.6 Å². The number of hydrogen-bond donors (Lipinski definition) is 1. The number of hydrogen-bond acceptors (Lipinski definition) is 6. The van der Waals surface area contributed by atoms with E-state index in [1.807, 2.05) is 41.4 Å². The average molecular weight is 320 g/mol. The lowest BCUT2D eigenvalue weighted by atomic mass is 9.91. The number of hydrazine groups is 1. The van der Waals surface area contributed by atoms with E-state index in [1.165, 1.54) is 6.92 Å². The molecule has 6 heteroatoms. The predicted molar refractivity (Wildman–Crippen MR) is 93.3 cm³/mol. The maximum Gasteiger partial charge on any atom is 0.308 e. The molecule has 24 heavy (non-hydrogen) atoms. The zero-order chi connectivity index (χ0) is 16.6. The highest BCUT2D eigenvalue weighted by molar-refractivity contribution is 6.39. The molecular weight excluding hydrogens is 304 g/mol. The van der Waals surface area contributed by atoms with Gasteiger partial charge in [0.25, 0.3) is 0 Å². The highest BCUT2D eigenvalue weighted by Crippen LogP contribution is 2.35. The van der Waals surface area contributed by atoms with Gasteiger partial charge in [0.2, 0.25) is 0 Å². The van der Waals surface area contributed by atoms with E-state index in [9.17, 15) is 4.79 Å². The van der Waals surface area contributed by atoms with Crippen molar-refractivity contribution in [2.75, 3.05) is 11.6 Å². The van der Waals surface area contributed by atoms with Crippen molar-refractivity contribution in [1.29, 1.82) is 0 Å². The summed E-state index contributed by atoms with van der Waals surface area (Å²) in [6.45, 7) is 1.99. The summed E-state index contributed by atoms with van der Waals surface area (Å²) in [4.78, 5) is 20.3. The molecular formula is C18H16N4O2. The first kappa shape index (κ1) is 14.6. The van der Waals surface area contributed by atoms with Crippen LogP contribution in [0.4, 0.5) is 5.69 Å². The quantitative estimate of drug-likeness (QED) is 0.670. The van der Waals surface area contributed by atoms with Crippen LogP contribution in [-0.4, -0.2) is 30.0 Å². The minimum Gasteiger partial charge on any atom is -0.424 e. The molecule has 1 aromatic rings. The molecule has 0 saturated heterocycles. The van der Waals surface area contributed by atoms with Gasteiger partial charge < -0.3 is 4.74 Å². The Morgan fingerprint density at radius 2 is 2.21 bits per heavy atom. The second-order valence-electron chi connectivity index (χ2n) is 5.65. The van der Waals surface area contributed by atoms with Crippen LogP contribution in [-0.2, 0) is 4.79 Å². The Balaban J connectivity index is 1.73. The summed E-state index contributed by atoms with van der Waals surface area (Å²) in [5.74, 6) is 0.165. The van der Waals surface area contributed by atoms with Crippen LogP contribution >= 0.6 is 0 Å². The Hall–Kier alpha value is -2.99. The van der Waals surface area contributed by atoms with Crippen LogP contribution in [0.3, 0.4) is 0 Å². The lowest BCUT2D eigenvalue weighted by molar-refractivity contribution is -0.131. The number of nitrogens with zero attached hydrogens (tertiary/aromatic N) is 3. The van der Waals surface area contributed by atoms with Crippen molar-refractivity contribution in [3.8, 4) is 5.75 Å². The first-order valence-electron chi connectivity index (χ1n) is 7.69. The van der Waals surface area contributed by atoms with Crippen LogP contribution in [0.1, 0.15) is 6.92 Å². The fraction of sp³-hybridized carbons (Fsp3) is 0.167. The predicted octanol–water partition coefficient (Wildman–Crippen LogP) is 2.17. The Bertz CT molecular complexity index is 850. The maximum absolute atomic E-state index is 11.4. The minimum atomic E-state index is -0.592. The van der Waals surface area contributed by atoms with Crippen molar-refractivity contribution < 1.29 is 9.53 Å². The molecule has 1 atom stereocenters. The molecule has 0 fully saturated rings. The maximum atomic E-state index is 11.4. The van der Waals surface area contributed by atoms with Crippen molar-refractivity contribution in [3.63, 3.8) is 0 Å². The number of anilines is 1. The summed E-state index contributed by atoms with van der Waals surface area (Å²) < 4.78 is 5.34. The Labute approximate surface area is 139 Å². The molecule has 1 unspecified atom stereocenters. The van der Waals surface area contributed by atoms with Crippen LogP contribution < -0.4 is 15.2 Å². The van der Waals surface area contributed by atoms with Crippen LogP contribution in [0.5, 0.6) is 5.75 Å². The molecule has 0 bridgehead atoms. The van der Waals surface area contributed by atoms with Gasteiger partial charge in [0.15, 0.2) is 5.75 Å². The molecule has 1 aromatic carbocycles. The number of nitrogens with one attached hydrogen (secondary N) is 1. The number of aliphatic imine (C=N–C) groups is 2. The van der Waals surface area contributed by atoms with Crippen LogP contribution in [0.2, 0.25) is 0 Å². The van der Waals surface area contributed by atoms with E-state index in [4.69, 9.17) is 4.74 Å². The first-order valence-corrected chi connectivity index (χ1v) is 7.69. The molecule has 0 radical (unpaired) electrons. The topological polar surface area (TPSA) is 66.3 Å². The molecule has 0 aromatic heterocycles. The van der Waals surface area contributed by atoms with Crippen molar-refractivity contribution in [2.45, 2.75) is 12.5 Å². The van der Waals surface area contributed by atoms with Gasteiger partial charge in [-0.1, -0.05) is 24.3 Å². The van der Waals surface area contributed by atoms with Crippen molar-refractivity contribution in [1.82, 2.24) is 5.43 Å². The number of carbonyl (C=O) groups excluding carboxylic acids is 1. The summed E-state index contributed by atoms with van der Waals surface area (Å²) in [7, 11) is 0. The van der Waals surface area contributed by atoms with E-state index >= 15 is 0 Å². The third kappa shape index (κ3) is 2.28. The van der Waals surface area contributed by atoms with Crippen LogP contribution in [0.25, 0.3) is 0 Å². The van der Waals surface area contributed by atoms with Gasteiger partial charge in [-0.2, -0.15) is 0 Å². The fourth-order valence-corrected chi connectivity index (χ4v) is 3.03. The summed E-state index contributed by atoms with van der Waals surface area (Å²) in [5.41, 5.74) is 5.43. The first-order chi connectivity index (χ1) is 11.7. The number of allylic oxidation sites excluding steroid dienone is 2. The lowest BCUT2D eigenvalue weighted by Crippen LogP contribution is -2.60. The molecule has 0 saturated carbocycles. The third-order valence-electron chi connectivity index (χ3n) is 4.08. The monoisotopic (exact) mass is 320 g/mol. The number of ether oxygens (including phenoxy) is 1. The van der Waals surface area contributed by atoms with Gasteiger partial charge in [-0.15, -0.1) is 0 Å². The number of para-hydroxylation sites is 2. The van der Waals surface area contributed by atoms with E-state index in [0.717, 1.165) is 17.1 Å². The van der Waals surface area contributed by atoms with Gasteiger partial charge in [0, 0.05) is 13.1 Å². The van der Waals surface area contributed by atoms with Gasteiger partial charge in [0.1, 0.15) is 5.54 Å². The molecule has 6 nitrogen and oxygen atoms in total. The minimum absolute atomic E-state index is 0.348. The van der Waals surface area contributed by atoms with Crippen molar-refractivity contribution in [3.05, 3.63) is 60.5 Å². The van der Waals surface area contributed by atoms with Crippen molar-refractivity contribution in [2.24, 2.45) is 9.98 Å². The van der Waals surface area contributed by atoms with E-state index in [1.54, 1.807) is 18.5 Å². The molecule has 3 aliphatic heterocycles. The lowest BCUT2D eigenvalue weighted by Gasteiger charge is -2.39. The molecule has 3 aliphatic rings. The van der Waals surface area contributed by atoms with E-state index in [-0.39, 0.29) is 5.97 Å². The third-order valence-corrected chi connectivity index (χ3v) is 4.08. The highest BCUT2D eigenvalue weighted by Gasteiger charge is 2.44.